The third kappa shape index (κ3) is 13.4. The van der Waals surface area contributed by atoms with Gasteiger partial charge < -0.3 is 39.2 Å². The molecular weight excluding hydrogens is 614 g/mol. The maximum Gasteiger partial charge on any atom is 0.490 e. The van der Waals surface area contributed by atoms with Crippen molar-refractivity contribution in [2.75, 3.05) is 12.8 Å². The van der Waals surface area contributed by atoms with Crippen LogP contribution in [0, 0.1) is 0 Å². The summed E-state index contributed by atoms with van der Waals surface area (Å²) in [7, 11) is -34.9. The number of phosphoric acid groups is 5. The Balaban J connectivity index is 2.77. The van der Waals surface area contributed by atoms with Crippen LogP contribution in [0.3, 0.4) is 0 Å². The summed E-state index contributed by atoms with van der Waals surface area (Å²) >= 11 is 0. The van der Waals surface area contributed by atoms with E-state index in [0.29, 0.717) is 0 Å². The average Bonchev–Trinajstić information content (AvgIpc) is 2.84. The van der Waals surface area contributed by atoms with Gasteiger partial charge >= 0.3 is 46.7 Å². The molecule has 1 aliphatic heterocycles. The van der Waals surface area contributed by atoms with Gasteiger partial charge in [-0.25, -0.2) is 27.1 Å². The topological polar surface area (TPSA) is 309 Å². The van der Waals surface area contributed by atoms with Crippen molar-refractivity contribution in [3.63, 3.8) is 0 Å². The summed E-state index contributed by atoms with van der Waals surface area (Å²) in [6.07, 6.45) is -3.31. The number of aliphatic hydroxyl groups excluding tert-OH is 1. The second-order valence-corrected chi connectivity index (χ2v) is 16.6. The maximum absolute atomic E-state index is 11.8. The zero-order valence-electron chi connectivity index (χ0n) is 17.7. The first kappa shape index (κ1) is 33.8. The highest BCUT2D eigenvalue weighted by Crippen LogP contribution is 2.75. The Morgan fingerprint density at radius 2 is 1.14 bits per heavy atom. The van der Waals surface area contributed by atoms with Crippen LogP contribution in [0.25, 0.3) is 0 Å². The fraction of sp³-hybridized carbons (Fsp3) is 1.00. The molecule has 0 spiro atoms. The highest BCUT2D eigenvalue weighted by atomic mass is 31.3. The van der Waals surface area contributed by atoms with Crippen LogP contribution in [0.4, 0.5) is 0 Å². The van der Waals surface area contributed by atoms with Crippen molar-refractivity contribution >= 4 is 46.7 Å². The standard InChI is InChI=1S/C9H24O20P6/c1-3-4-30(11,12)25-32(15,16)27-34(19,20)29-35(21,22)28-33(17,18)26-31(13,14)23-6-9-8(10)5-7(2)24-9/h7-10H,3-6H2,1-2H3,(H,11,12)(H,13,14)(H,15,16)(H,17,18)(H,19,20)(H,21,22)/t7-,8+,9+/m0/s1. The summed E-state index contributed by atoms with van der Waals surface area (Å²) in [6, 6.07) is 0. The van der Waals surface area contributed by atoms with Gasteiger partial charge in [0.2, 0.25) is 0 Å². The summed E-state index contributed by atoms with van der Waals surface area (Å²) < 4.78 is 97.6. The van der Waals surface area contributed by atoms with Gasteiger partial charge in [-0.05, 0) is 13.3 Å². The van der Waals surface area contributed by atoms with Crippen LogP contribution < -0.4 is 0 Å². The van der Waals surface area contributed by atoms with Crippen molar-refractivity contribution in [1.82, 2.24) is 0 Å². The number of ether oxygens (including phenoxy) is 1. The largest absolute Gasteiger partial charge is 0.490 e. The van der Waals surface area contributed by atoms with E-state index in [-0.39, 0.29) is 12.8 Å². The van der Waals surface area contributed by atoms with Gasteiger partial charge in [-0.15, -0.1) is 0 Å². The molecule has 0 aliphatic carbocycles. The predicted molar refractivity (Wildman–Crippen MR) is 110 cm³/mol. The molecule has 7 N–H and O–H groups in total. The van der Waals surface area contributed by atoms with E-state index < -0.39 is 77.8 Å². The molecule has 0 aromatic heterocycles. The minimum absolute atomic E-state index is 0.0433. The molecule has 1 heterocycles. The number of rotatable bonds is 15. The monoisotopic (exact) mass is 638 g/mol. The molecular formula is C9H24O20P6. The van der Waals surface area contributed by atoms with E-state index in [4.69, 9.17) is 4.74 Å². The highest BCUT2D eigenvalue weighted by molar-refractivity contribution is 7.72. The summed E-state index contributed by atoms with van der Waals surface area (Å²) in [5.41, 5.74) is 0. The van der Waals surface area contributed by atoms with E-state index in [1.54, 1.807) is 6.92 Å². The van der Waals surface area contributed by atoms with Crippen molar-refractivity contribution in [3.05, 3.63) is 0 Å². The lowest BCUT2D eigenvalue weighted by atomic mass is 10.1. The Morgan fingerprint density at radius 3 is 1.51 bits per heavy atom. The van der Waals surface area contributed by atoms with Crippen molar-refractivity contribution in [2.45, 2.75) is 45.0 Å². The lowest BCUT2D eigenvalue weighted by Gasteiger charge is -2.21. The molecule has 9 atom stereocenters. The zero-order chi connectivity index (χ0) is 27.5. The van der Waals surface area contributed by atoms with Crippen LogP contribution in [0.15, 0.2) is 0 Å². The second kappa shape index (κ2) is 12.3. The first-order chi connectivity index (χ1) is 15.5. The minimum atomic E-state index is -6.28. The zero-order valence-corrected chi connectivity index (χ0v) is 23.0. The van der Waals surface area contributed by atoms with Gasteiger partial charge in [0, 0.05) is 6.42 Å². The van der Waals surface area contributed by atoms with Crippen LogP contribution in [0.5, 0.6) is 0 Å². The van der Waals surface area contributed by atoms with Crippen LogP contribution in [0.2, 0.25) is 0 Å². The fourth-order valence-corrected chi connectivity index (χ4v) is 10.8. The predicted octanol–water partition coefficient (Wildman–Crippen LogP) is 1.72. The average molecular weight is 638 g/mol. The first-order valence-electron chi connectivity index (χ1n) is 8.98. The van der Waals surface area contributed by atoms with E-state index in [2.05, 4.69) is 26.1 Å². The third-order valence-electron chi connectivity index (χ3n) is 3.37. The third-order valence-corrected chi connectivity index (χ3v) is 13.3. The molecule has 0 bridgehead atoms. The van der Waals surface area contributed by atoms with Crippen molar-refractivity contribution in [2.24, 2.45) is 0 Å². The SMILES string of the molecule is CCCP(=O)(O)OP(=O)(O)OP(=O)(O)OP(=O)(O)OP(=O)(O)OP(=O)(O)OC[C@H]1O[C@@H](C)C[C@H]1O. The fourth-order valence-electron chi connectivity index (χ4n) is 2.34. The maximum atomic E-state index is 11.8. The van der Waals surface area contributed by atoms with Gasteiger partial charge in [-0.1, -0.05) is 6.92 Å². The van der Waals surface area contributed by atoms with E-state index >= 15 is 0 Å². The van der Waals surface area contributed by atoms with Crippen LogP contribution in [-0.4, -0.2) is 65.5 Å². The minimum Gasteiger partial charge on any atom is -0.390 e. The molecule has 0 amide bonds. The molecule has 35 heavy (non-hydrogen) atoms. The molecule has 1 fully saturated rings. The quantitative estimate of drug-likeness (QED) is 0.126. The molecule has 210 valence electrons. The summed E-state index contributed by atoms with van der Waals surface area (Å²) in [6.45, 7) is 2.09. The van der Waals surface area contributed by atoms with Gasteiger partial charge in [0.15, 0.2) is 0 Å². The van der Waals surface area contributed by atoms with E-state index in [9.17, 15) is 61.9 Å². The van der Waals surface area contributed by atoms with Crippen molar-refractivity contribution in [1.29, 1.82) is 0 Å². The number of hydrogen-bond acceptors (Lipinski definition) is 14. The number of hydrogen-bond donors (Lipinski definition) is 7. The van der Waals surface area contributed by atoms with Gasteiger partial charge in [0.1, 0.15) is 6.10 Å². The Morgan fingerprint density at radius 1 is 0.743 bits per heavy atom. The first-order valence-corrected chi connectivity index (χ1v) is 18.2. The summed E-state index contributed by atoms with van der Waals surface area (Å²) in [4.78, 5) is 56.2. The number of phosphoric ester groups is 1. The van der Waals surface area contributed by atoms with Gasteiger partial charge in [0.05, 0.1) is 25.0 Å². The smallest absolute Gasteiger partial charge is 0.390 e. The van der Waals surface area contributed by atoms with Gasteiger partial charge in [0.25, 0.3) is 0 Å². The Kier molecular flexibility index (Phi) is 11.9. The van der Waals surface area contributed by atoms with E-state index in [1.165, 1.54) is 6.92 Å². The van der Waals surface area contributed by atoms with E-state index in [0.717, 1.165) is 0 Å². The van der Waals surface area contributed by atoms with Gasteiger partial charge in [-0.2, -0.15) is 17.2 Å². The lowest BCUT2D eigenvalue weighted by Crippen LogP contribution is -2.26. The molecule has 1 rings (SSSR count). The second-order valence-electron chi connectivity index (χ2n) is 6.70. The molecule has 6 unspecified atom stereocenters. The molecule has 26 heteroatoms. The van der Waals surface area contributed by atoms with Crippen LogP contribution >= 0.6 is 46.7 Å². The summed E-state index contributed by atoms with van der Waals surface area (Å²) in [5, 5.41) is 9.65. The van der Waals surface area contributed by atoms with Crippen molar-refractivity contribution in [3.8, 4) is 0 Å². The lowest BCUT2D eigenvalue weighted by molar-refractivity contribution is -0.0167. The molecule has 1 aliphatic rings. The molecule has 0 aromatic rings. The molecule has 0 saturated carbocycles. The van der Waals surface area contributed by atoms with Gasteiger partial charge in [-0.3, -0.25) is 9.09 Å². The number of aliphatic hydroxyl groups is 1. The normalized spacial score (nSPS) is 31.3. The molecule has 0 aromatic carbocycles. The Hall–Kier alpha value is 0.820. The summed E-state index contributed by atoms with van der Waals surface area (Å²) in [5.74, 6) is 0. The van der Waals surface area contributed by atoms with Crippen LogP contribution in [0.1, 0.15) is 26.7 Å². The van der Waals surface area contributed by atoms with Crippen LogP contribution in [-0.2, 0) is 58.2 Å². The molecule has 1 saturated heterocycles. The Bertz CT molecular complexity index is 1020. The highest BCUT2D eigenvalue weighted by Gasteiger charge is 2.49. The van der Waals surface area contributed by atoms with E-state index in [1.807, 2.05) is 0 Å². The van der Waals surface area contributed by atoms with Crippen molar-refractivity contribution < 1.29 is 92.7 Å². The Labute approximate surface area is 197 Å². The molecule has 0 radical (unpaired) electrons. The molecule has 20 nitrogen and oxygen atoms in total.